The first kappa shape index (κ1) is 14.7. The van der Waals surface area contributed by atoms with Crippen molar-refractivity contribution in [3.05, 3.63) is 34.2 Å². The summed E-state index contributed by atoms with van der Waals surface area (Å²) in [6.45, 7) is 0. The summed E-state index contributed by atoms with van der Waals surface area (Å²) in [7, 11) is -2.65. The summed E-state index contributed by atoms with van der Waals surface area (Å²) in [5.74, 6) is -2.18. The van der Waals surface area contributed by atoms with Gasteiger partial charge in [-0.2, -0.15) is 5.10 Å². The molecule has 0 spiro atoms. The zero-order valence-electron chi connectivity index (χ0n) is 10.5. The number of carbonyl (C=O) groups is 1. The van der Waals surface area contributed by atoms with Crippen LogP contribution < -0.4 is 10.5 Å². The average molecular weight is 315 g/mol. The Bertz CT molecular complexity index is 820. The molecule has 0 fully saturated rings. The van der Waals surface area contributed by atoms with Crippen molar-refractivity contribution in [2.75, 3.05) is 5.32 Å². The maximum Gasteiger partial charge on any atom is 0.433 e. The fourth-order valence-corrected chi connectivity index (χ4v) is 2.14. The third-order valence-corrected chi connectivity index (χ3v) is 3.24. The molecule has 3 N–H and O–H groups in total. The molecule has 0 aliphatic carbocycles. The van der Waals surface area contributed by atoms with Gasteiger partial charge in [0.25, 0.3) is 5.91 Å². The molecule has 2 aromatic heterocycles. The molecule has 0 aromatic carbocycles. The second-order valence-corrected chi connectivity index (χ2v) is 5.44. The number of anilines is 1. The molecule has 0 aliphatic heterocycles. The van der Waals surface area contributed by atoms with Crippen LogP contribution in [0.25, 0.3) is 0 Å². The lowest BCUT2D eigenvalue weighted by molar-refractivity contribution is -0.402. The molecule has 2 rings (SSSR count). The predicted molar refractivity (Wildman–Crippen MR) is 67.9 cm³/mol. The van der Waals surface area contributed by atoms with E-state index in [-0.39, 0.29) is 16.5 Å². The van der Waals surface area contributed by atoms with Gasteiger partial charge in [-0.3, -0.25) is 19.6 Å². The summed E-state index contributed by atoms with van der Waals surface area (Å²) < 4.78 is 28.5. The lowest BCUT2D eigenvalue weighted by atomic mass is 10.4. The Balaban J connectivity index is 2.29. The standard InChI is InChI=1S/C9H9N5O6S/c1-13-4-6(21(10,18)19)8(12-13)11-9(15)5-2-3-7(20-5)14(16)17/h2-4H,1H3,(H2,10,18,19)(H,11,12,15). The van der Waals surface area contributed by atoms with E-state index in [2.05, 4.69) is 14.8 Å². The Kier molecular flexibility index (Phi) is 3.49. The number of aromatic nitrogens is 2. The van der Waals surface area contributed by atoms with Gasteiger partial charge >= 0.3 is 5.88 Å². The number of nitrogens with zero attached hydrogens (tertiary/aromatic N) is 3. The van der Waals surface area contributed by atoms with Crippen molar-refractivity contribution in [3.63, 3.8) is 0 Å². The van der Waals surface area contributed by atoms with Crippen molar-refractivity contribution in [1.29, 1.82) is 0 Å². The topological polar surface area (TPSA) is 163 Å². The van der Waals surface area contributed by atoms with Gasteiger partial charge in [0, 0.05) is 13.2 Å². The number of carbonyl (C=O) groups excluding carboxylic acids is 1. The molecule has 21 heavy (non-hydrogen) atoms. The first-order chi connectivity index (χ1) is 9.68. The minimum absolute atomic E-state index is 0.302. The molecule has 0 unspecified atom stereocenters. The van der Waals surface area contributed by atoms with Gasteiger partial charge in [-0.15, -0.1) is 0 Å². The number of nitrogens with one attached hydrogen (secondary N) is 1. The summed E-state index contributed by atoms with van der Waals surface area (Å²) in [6, 6.07) is 2.07. The number of nitrogens with two attached hydrogens (primary N) is 1. The molecule has 112 valence electrons. The molecule has 0 radical (unpaired) electrons. The second kappa shape index (κ2) is 4.99. The van der Waals surface area contributed by atoms with Crippen LogP contribution in [0, 0.1) is 10.1 Å². The monoisotopic (exact) mass is 315 g/mol. The zero-order valence-corrected chi connectivity index (χ0v) is 11.3. The third kappa shape index (κ3) is 3.06. The highest BCUT2D eigenvalue weighted by Gasteiger charge is 2.23. The molecule has 1 amide bonds. The molecule has 0 saturated heterocycles. The van der Waals surface area contributed by atoms with Crippen molar-refractivity contribution < 1.29 is 22.6 Å². The molecule has 0 aliphatic rings. The number of amides is 1. The van der Waals surface area contributed by atoms with Crippen molar-refractivity contribution in [3.8, 4) is 0 Å². The number of primary sulfonamides is 1. The van der Waals surface area contributed by atoms with E-state index in [1.54, 1.807) is 0 Å². The number of rotatable bonds is 4. The fourth-order valence-electron chi connectivity index (χ4n) is 1.48. The van der Waals surface area contributed by atoms with Gasteiger partial charge in [-0.25, -0.2) is 13.6 Å². The van der Waals surface area contributed by atoms with Crippen molar-refractivity contribution in [2.45, 2.75) is 4.90 Å². The lowest BCUT2D eigenvalue weighted by Crippen LogP contribution is -2.17. The van der Waals surface area contributed by atoms with Crippen LogP contribution >= 0.6 is 0 Å². The van der Waals surface area contributed by atoms with E-state index in [0.29, 0.717) is 0 Å². The maximum atomic E-state index is 11.8. The predicted octanol–water partition coefficient (Wildman–Crippen LogP) is -0.179. The van der Waals surface area contributed by atoms with Gasteiger partial charge in [0.15, 0.2) is 11.6 Å². The van der Waals surface area contributed by atoms with Gasteiger partial charge < -0.3 is 9.73 Å². The smallest absolute Gasteiger partial charge is 0.395 e. The largest absolute Gasteiger partial charge is 0.433 e. The van der Waals surface area contributed by atoms with E-state index >= 15 is 0 Å². The van der Waals surface area contributed by atoms with Gasteiger partial charge in [-0.05, 0) is 6.07 Å². The fraction of sp³-hybridized carbons (Fsp3) is 0.111. The molecule has 0 bridgehead atoms. The van der Waals surface area contributed by atoms with Gasteiger partial charge in [0.2, 0.25) is 10.0 Å². The third-order valence-electron chi connectivity index (χ3n) is 2.33. The van der Waals surface area contributed by atoms with E-state index < -0.39 is 26.7 Å². The minimum Gasteiger partial charge on any atom is -0.395 e. The Hall–Kier alpha value is -2.73. The van der Waals surface area contributed by atoms with Crippen LogP contribution in [0.4, 0.5) is 11.7 Å². The van der Waals surface area contributed by atoms with E-state index in [9.17, 15) is 23.3 Å². The quantitative estimate of drug-likeness (QED) is 0.583. The normalized spacial score (nSPS) is 11.3. The Morgan fingerprint density at radius 3 is 2.71 bits per heavy atom. The van der Waals surface area contributed by atoms with E-state index in [1.807, 2.05) is 0 Å². The zero-order chi connectivity index (χ0) is 15.8. The molecule has 11 nitrogen and oxygen atoms in total. The Morgan fingerprint density at radius 1 is 1.52 bits per heavy atom. The van der Waals surface area contributed by atoms with Crippen LogP contribution in [0.3, 0.4) is 0 Å². The highest BCUT2D eigenvalue weighted by atomic mass is 32.2. The van der Waals surface area contributed by atoms with Crippen molar-refractivity contribution in [2.24, 2.45) is 12.2 Å². The summed E-state index contributed by atoms with van der Waals surface area (Å²) in [5.41, 5.74) is 0. The summed E-state index contributed by atoms with van der Waals surface area (Å²) >= 11 is 0. The maximum absolute atomic E-state index is 11.8. The summed E-state index contributed by atoms with van der Waals surface area (Å²) in [6.07, 6.45) is 1.11. The Labute approximate surface area is 117 Å². The summed E-state index contributed by atoms with van der Waals surface area (Å²) in [5, 5.41) is 21.3. The molecule has 0 atom stereocenters. The molecular weight excluding hydrogens is 306 g/mol. The van der Waals surface area contributed by atoms with E-state index in [4.69, 9.17) is 5.14 Å². The number of nitro groups is 1. The van der Waals surface area contributed by atoms with Crippen molar-refractivity contribution in [1.82, 2.24) is 9.78 Å². The minimum atomic E-state index is -4.09. The number of furan rings is 1. The molecule has 2 aromatic rings. The van der Waals surface area contributed by atoms with E-state index in [0.717, 1.165) is 23.0 Å². The van der Waals surface area contributed by atoms with Crippen LogP contribution in [-0.4, -0.2) is 29.0 Å². The van der Waals surface area contributed by atoms with Crippen LogP contribution in [0.5, 0.6) is 0 Å². The van der Waals surface area contributed by atoms with Gasteiger partial charge in [0.05, 0.1) is 6.07 Å². The molecule has 0 saturated carbocycles. The first-order valence-electron chi connectivity index (χ1n) is 5.30. The number of sulfonamides is 1. The summed E-state index contributed by atoms with van der Waals surface area (Å²) in [4.78, 5) is 21.1. The van der Waals surface area contributed by atoms with Crippen LogP contribution in [-0.2, 0) is 17.1 Å². The molecule has 12 heteroatoms. The van der Waals surface area contributed by atoms with Crippen molar-refractivity contribution >= 4 is 27.6 Å². The second-order valence-electron chi connectivity index (χ2n) is 3.91. The Morgan fingerprint density at radius 2 is 2.19 bits per heavy atom. The SMILES string of the molecule is Cn1cc(S(N)(=O)=O)c(NC(=O)c2ccc([N+](=O)[O-])o2)n1. The molecule has 2 heterocycles. The average Bonchev–Trinajstić information content (AvgIpc) is 2.94. The van der Waals surface area contributed by atoms with Gasteiger partial charge in [0.1, 0.15) is 9.82 Å². The van der Waals surface area contributed by atoms with Crippen LogP contribution in [0.15, 0.2) is 27.6 Å². The van der Waals surface area contributed by atoms with Crippen LogP contribution in [0.1, 0.15) is 10.6 Å². The number of aryl methyl sites for hydroxylation is 1. The number of hydrogen-bond donors (Lipinski definition) is 2. The molecular formula is C9H9N5O6S. The number of hydrogen-bond acceptors (Lipinski definition) is 7. The highest BCUT2D eigenvalue weighted by Crippen LogP contribution is 2.20. The highest BCUT2D eigenvalue weighted by molar-refractivity contribution is 7.89. The van der Waals surface area contributed by atoms with E-state index in [1.165, 1.54) is 7.05 Å². The lowest BCUT2D eigenvalue weighted by Gasteiger charge is -2.01. The van der Waals surface area contributed by atoms with Crippen LogP contribution in [0.2, 0.25) is 0 Å². The first-order valence-corrected chi connectivity index (χ1v) is 6.85. The van der Waals surface area contributed by atoms with Gasteiger partial charge in [-0.1, -0.05) is 0 Å².